The van der Waals surface area contributed by atoms with Crippen LogP contribution in [0.25, 0.3) is 10.9 Å². The van der Waals surface area contributed by atoms with Crippen molar-refractivity contribution in [3.63, 3.8) is 0 Å². The third-order valence-electron chi connectivity index (χ3n) is 3.51. The Labute approximate surface area is 133 Å². The van der Waals surface area contributed by atoms with E-state index in [4.69, 9.17) is 11.5 Å². The van der Waals surface area contributed by atoms with Gasteiger partial charge in [0.05, 0.1) is 23.1 Å². The second kappa shape index (κ2) is 6.74. The molecule has 6 nitrogen and oxygen atoms in total. The number of rotatable bonds is 5. The molecule has 6 heteroatoms. The second-order valence-electron chi connectivity index (χ2n) is 5.20. The molecule has 1 aromatic carbocycles. The van der Waals surface area contributed by atoms with E-state index in [1.54, 1.807) is 12.4 Å². The Balaban J connectivity index is 1.89. The highest BCUT2D eigenvalue weighted by Crippen LogP contribution is 2.16. The number of aromatic nitrogens is 2. The smallest absolute Gasteiger partial charge is 0.211 e. The summed E-state index contributed by atoms with van der Waals surface area (Å²) in [7, 11) is 0. The maximum Gasteiger partial charge on any atom is 0.211 e. The maximum absolute atomic E-state index is 5.40. The lowest BCUT2D eigenvalue weighted by Crippen LogP contribution is -2.22. The number of H-pyrrole nitrogens is 1. The standard InChI is InChI=1S/C17H18N6/c18-17(19)23-22-14(7-6-12-4-2-1-3-5-12)15-10-13-8-9-20-11-16(13)21-15/h1-5,8-11,21H,6-7H2,(H4,18,19,23)/b22-14+. The number of aryl methyl sites for hydroxylation is 1. The molecule has 2 aromatic heterocycles. The molecule has 5 N–H and O–H groups in total. The van der Waals surface area contributed by atoms with Crippen LogP contribution < -0.4 is 11.5 Å². The van der Waals surface area contributed by atoms with Gasteiger partial charge in [0, 0.05) is 11.6 Å². The summed E-state index contributed by atoms with van der Waals surface area (Å²) in [5.41, 5.74) is 14.7. The van der Waals surface area contributed by atoms with E-state index in [-0.39, 0.29) is 5.96 Å². The van der Waals surface area contributed by atoms with Crippen LogP contribution in [0, 0.1) is 0 Å². The topological polar surface area (TPSA) is 105 Å². The zero-order valence-electron chi connectivity index (χ0n) is 12.6. The summed E-state index contributed by atoms with van der Waals surface area (Å²) < 4.78 is 0. The molecule has 0 saturated heterocycles. The molecule has 0 radical (unpaired) electrons. The lowest BCUT2D eigenvalue weighted by Gasteiger charge is -2.03. The van der Waals surface area contributed by atoms with Crippen LogP contribution in [-0.2, 0) is 6.42 Å². The summed E-state index contributed by atoms with van der Waals surface area (Å²) in [4.78, 5) is 7.43. The largest absolute Gasteiger partial charge is 0.369 e. The van der Waals surface area contributed by atoms with Crippen molar-refractivity contribution in [3.05, 3.63) is 66.1 Å². The Hall–Kier alpha value is -3.15. The first kappa shape index (κ1) is 14.8. The monoisotopic (exact) mass is 306 g/mol. The van der Waals surface area contributed by atoms with Gasteiger partial charge in [-0.2, -0.15) is 0 Å². The van der Waals surface area contributed by atoms with Gasteiger partial charge in [0.25, 0.3) is 0 Å². The van der Waals surface area contributed by atoms with Crippen molar-refractivity contribution in [1.29, 1.82) is 0 Å². The molecule has 0 spiro atoms. The molecule has 0 aliphatic rings. The predicted molar refractivity (Wildman–Crippen MR) is 93.2 cm³/mol. The summed E-state index contributed by atoms with van der Waals surface area (Å²) in [5, 5.41) is 9.09. The summed E-state index contributed by atoms with van der Waals surface area (Å²) in [6.07, 6.45) is 5.12. The molecular formula is C17H18N6. The van der Waals surface area contributed by atoms with E-state index in [0.717, 1.165) is 35.2 Å². The summed E-state index contributed by atoms with van der Waals surface area (Å²) in [6.45, 7) is 0. The maximum atomic E-state index is 5.40. The first-order chi connectivity index (χ1) is 11.2. The Morgan fingerprint density at radius 3 is 2.65 bits per heavy atom. The van der Waals surface area contributed by atoms with Crippen LogP contribution in [0.15, 0.2) is 65.1 Å². The third-order valence-corrected chi connectivity index (χ3v) is 3.51. The van der Waals surface area contributed by atoms with Crippen molar-refractivity contribution in [2.45, 2.75) is 12.8 Å². The first-order valence-corrected chi connectivity index (χ1v) is 7.35. The number of pyridine rings is 1. The van der Waals surface area contributed by atoms with Gasteiger partial charge >= 0.3 is 0 Å². The Kier molecular flexibility index (Phi) is 4.33. The summed E-state index contributed by atoms with van der Waals surface area (Å²) >= 11 is 0. The molecule has 116 valence electrons. The van der Waals surface area contributed by atoms with Crippen LogP contribution in [0.4, 0.5) is 0 Å². The Morgan fingerprint density at radius 2 is 1.91 bits per heavy atom. The number of guanidine groups is 1. The number of nitrogens with zero attached hydrogens (tertiary/aromatic N) is 3. The van der Waals surface area contributed by atoms with Gasteiger partial charge in [-0.1, -0.05) is 30.3 Å². The van der Waals surface area contributed by atoms with Crippen LogP contribution in [0.1, 0.15) is 17.7 Å². The first-order valence-electron chi connectivity index (χ1n) is 7.35. The molecule has 0 unspecified atom stereocenters. The third kappa shape index (κ3) is 3.74. The second-order valence-corrected chi connectivity index (χ2v) is 5.20. The number of hydrogen-bond acceptors (Lipinski definition) is 3. The molecule has 0 saturated carbocycles. The van der Waals surface area contributed by atoms with Crippen LogP contribution in [-0.4, -0.2) is 21.6 Å². The molecule has 0 bridgehead atoms. The molecule has 2 heterocycles. The van der Waals surface area contributed by atoms with Crippen molar-refractivity contribution in [2.75, 3.05) is 0 Å². The molecular weight excluding hydrogens is 288 g/mol. The van der Waals surface area contributed by atoms with Gasteiger partial charge in [0.15, 0.2) is 0 Å². The number of benzene rings is 1. The van der Waals surface area contributed by atoms with Gasteiger partial charge in [-0.15, -0.1) is 10.2 Å². The highest BCUT2D eigenvalue weighted by molar-refractivity contribution is 6.03. The fourth-order valence-corrected chi connectivity index (χ4v) is 2.39. The lowest BCUT2D eigenvalue weighted by atomic mass is 10.1. The lowest BCUT2D eigenvalue weighted by molar-refractivity contribution is 1.02. The van der Waals surface area contributed by atoms with Crippen molar-refractivity contribution >= 4 is 22.6 Å². The van der Waals surface area contributed by atoms with E-state index in [1.807, 2.05) is 30.3 Å². The normalized spacial score (nSPS) is 11.6. The molecule has 0 atom stereocenters. The van der Waals surface area contributed by atoms with E-state index < -0.39 is 0 Å². The number of aromatic amines is 1. The highest BCUT2D eigenvalue weighted by Gasteiger charge is 2.09. The van der Waals surface area contributed by atoms with Crippen molar-refractivity contribution in [3.8, 4) is 0 Å². The summed E-state index contributed by atoms with van der Waals surface area (Å²) in [6, 6.07) is 14.2. The van der Waals surface area contributed by atoms with Crippen LogP contribution in [0.3, 0.4) is 0 Å². The average molecular weight is 306 g/mol. The number of nitrogens with one attached hydrogen (secondary N) is 1. The van der Waals surface area contributed by atoms with Gasteiger partial charge in [-0.25, -0.2) is 0 Å². The van der Waals surface area contributed by atoms with Crippen molar-refractivity contribution < 1.29 is 0 Å². The molecule has 0 amide bonds. The number of nitrogens with two attached hydrogens (primary N) is 2. The number of hydrogen-bond donors (Lipinski definition) is 3. The minimum absolute atomic E-state index is 0.0556. The van der Waals surface area contributed by atoms with Crippen molar-refractivity contribution in [2.24, 2.45) is 21.7 Å². The Bertz CT molecular complexity index is 811. The zero-order chi connectivity index (χ0) is 16.1. The molecule has 3 rings (SSSR count). The van der Waals surface area contributed by atoms with Crippen molar-refractivity contribution in [1.82, 2.24) is 9.97 Å². The highest BCUT2D eigenvalue weighted by atomic mass is 15.3. The van der Waals surface area contributed by atoms with E-state index >= 15 is 0 Å². The fraction of sp³-hybridized carbons (Fsp3) is 0.118. The van der Waals surface area contributed by atoms with Gasteiger partial charge in [0.1, 0.15) is 0 Å². The van der Waals surface area contributed by atoms with Gasteiger partial charge < -0.3 is 16.5 Å². The SMILES string of the molecule is NC(N)=N/N=C(\CCc1ccccc1)c1cc2ccncc2[nH]1. The quantitative estimate of drug-likeness (QED) is 0.382. The van der Waals surface area contributed by atoms with Gasteiger partial charge in [-0.3, -0.25) is 4.98 Å². The zero-order valence-corrected chi connectivity index (χ0v) is 12.6. The van der Waals surface area contributed by atoms with Gasteiger partial charge in [-0.05, 0) is 30.5 Å². The van der Waals surface area contributed by atoms with E-state index in [1.165, 1.54) is 5.56 Å². The Morgan fingerprint density at radius 1 is 1.09 bits per heavy atom. The minimum atomic E-state index is -0.0556. The average Bonchev–Trinajstić information content (AvgIpc) is 2.99. The fourth-order valence-electron chi connectivity index (χ4n) is 2.39. The van der Waals surface area contributed by atoms with Crippen LogP contribution in [0.2, 0.25) is 0 Å². The molecule has 3 aromatic rings. The van der Waals surface area contributed by atoms with Crippen LogP contribution >= 0.6 is 0 Å². The minimum Gasteiger partial charge on any atom is -0.369 e. The van der Waals surface area contributed by atoms with E-state index in [2.05, 4.69) is 32.3 Å². The number of fused-ring (bicyclic) bond motifs is 1. The molecule has 0 fully saturated rings. The molecule has 0 aliphatic heterocycles. The summed E-state index contributed by atoms with van der Waals surface area (Å²) in [5.74, 6) is -0.0556. The van der Waals surface area contributed by atoms with E-state index in [0.29, 0.717) is 0 Å². The predicted octanol–water partition coefficient (Wildman–Crippen LogP) is 2.17. The van der Waals surface area contributed by atoms with Crippen LogP contribution in [0.5, 0.6) is 0 Å². The molecule has 23 heavy (non-hydrogen) atoms. The van der Waals surface area contributed by atoms with Gasteiger partial charge in [0.2, 0.25) is 5.96 Å². The molecule has 0 aliphatic carbocycles. The van der Waals surface area contributed by atoms with E-state index in [9.17, 15) is 0 Å².